The number of aliphatic hydroxyl groups excluding tert-OH is 2. The number of hydrogen-bond acceptors (Lipinski definition) is 4. The van der Waals surface area contributed by atoms with E-state index in [0.29, 0.717) is 0 Å². The molecule has 1 rings (SSSR count). The molecule has 0 aliphatic rings. The molecule has 4 nitrogen and oxygen atoms in total. The molecule has 15 heavy (non-hydrogen) atoms. The molecule has 0 spiro atoms. The molecule has 0 bridgehead atoms. The smallest absolute Gasteiger partial charge is 0.204 e. The molecular formula is C10H14O4S. The Morgan fingerprint density at radius 2 is 1.80 bits per heavy atom. The predicted molar refractivity (Wildman–Crippen MR) is 56.1 cm³/mol. The van der Waals surface area contributed by atoms with Gasteiger partial charge in [0.2, 0.25) is 9.84 Å². The van der Waals surface area contributed by atoms with Gasteiger partial charge in [0, 0.05) is 13.0 Å². The highest BCUT2D eigenvalue weighted by atomic mass is 32.2. The van der Waals surface area contributed by atoms with Gasteiger partial charge in [-0.2, -0.15) is 0 Å². The minimum absolute atomic E-state index is 0.0778. The maximum atomic E-state index is 11.7. The third kappa shape index (κ3) is 2.77. The fraction of sp³-hybridized carbons (Fsp3) is 0.400. The van der Waals surface area contributed by atoms with Crippen LogP contribution in [0.2, 0.25) is 0 Å². The molecule has 0 aliphatic carbocycles. The van der Waals surface area contributed by atoms with Crippen molar-refractivity contribution in [1.82, 2.24) is 0 Å². The van der Waals surface area contributed by atoms with E-state index >= 15 is 0 Å². The van der Waals surface area contributed by atoms with Gasteiger partial charge < -0.3 is 10.2 Å². The minimum atomic E-state index is -3.72. The summed E-state index contributed by atoms with van der Waals surface area (Å²) in [6, 6.07) is 6.23. The fourth-order valence-corrected chi connectivity index (χ4v) is 2.40. The first-order valence-electron chi connectivity index (χ1n) is 4.58. The summed E-state index contributed by atoms with van der Waals surface area (Å²) in [7, 11) is -3.72. The summed E-state index contributed by atoms with van der Waals surface area (Å²) in [5, 5.41) is 17.9. The molecule has 0 saturated heterocycles. The predicted octanol–water partition coefficient (Wildman–Crippen LogP) is 0.470. The van der Waals surface area contributed by atoms with Crippen molar-refractivity contribution in [2.45, 2.75) is 23.7 Å². The number of rotatable bonds is 4. The first-order valence-corrected chi connectivity index (χ1v) is 6.12. The average molecular weight is 230 g/mol. The van der Waals surface area contributed by atoms with Crippen molar-refractivity contribution in [3.63, 3.8) is 0 Å². The highest BCUT2D eigenvalue weighted by Gasteiger charge is 2.24. The van der Waals surface area contributed by atoms with E-state index < -0.39 is 15.3 Å². The largest absolute Gasteiger partial charge is 0.396 e. The highest BCUT2D eigenvalue weighted by molar-refractivity contribution is 7.91. The van der Waals surface area contributed by atoms with Gasteiger partial charge >= 0.3 is 0 Å². The Morgan fingerprint density at radius 3 is 2.27 bits per heavy atom. The number of aryl methyl sites for hydroxylation is 1. The zero-order valence-electron chi connectivity index (χ0n) is 8.42. The Hall–Kier alpha value is -0.910. The second kappa shape index (κ2) is 4.74. The van der Waals surface area contributed by atoms with Gasteiger partial charge in [0.25, 0.3) is 0 Å². The molecule has 1 unspecified atom stereocenters. The van der Waals surface area contributed by atoms with E-state index in [2.05, 4.69) is 0 Å². The number of aliphatic hydroxyl groups is 2. The highest BCUT2D eigenvalue weighted by Crippen LogP contribution is 2.16. The summed E-state index contributed by atoms with van der Waals surface area (Å²) in [6.45, 7) is 1.49. The van der Waals surface area contributed by atoms with Crippen molar-refractivity contribution in [2.24, 2.45) is 0 Å². The van der Waals surface area contributed by atoms with Crippen LogP contribution < -0.4 is 0 Å². The monoisotopic (exact) mass is 230 g/mol. The van der Waals surface area contributed by atoms with Gasteiger partial charge in [-0.15, -0.1) is 0 Å². The summed E-state index contributed by atoms with van der Waals surface area (Å²) < 4.78 is 23.3. The van der Waals surface area contributed by atoms with Gasteiger partial charge in [-0.25, -0.2) is 8.42 Å². The Labute approximate surface area is 89.1 Å². The number of benzene rings is 1. The van der Waals surface area contributed by atoms with Crippen LogP contribution in [0.1, 0.15) is 12.0 Å². The summed E-state index contributed by atoms with van der Waals surface area (Å²) in [6.07, 6.45) is -0.170. The molecule has 0 amide bonds. The average Bonchev–Trinajstić information content (AvgIpc) is 2.18. The molecule has 0 aliphatic heterocycles. The molecule has 1 atom stereocenters. The van der Waals surface area contributed by atoms with E-state index in [1.807, 2.05) is 6.92 Å². The zero-order chi connectivity index (χ0) is 11.5. The summed E-state index contributed by atoms with van der Waals surface area (Å²) in [4.78, 5) is 0.0778. The topological polar surface area (TPSA) is 74.6 Å². The Morgan fingerprint density at radius 1 is 1.27 bits per heavy atom. The first kappa shape index (κ1) is 12.2. The molecule has 1 aromatic rings. The SMILES string of the molecule is Cc1ccc(S(=O)(=O)C(O)CCO)cc1. The molecule has 0 radical (unpaired) electrons. The van der Waals surface area contributed by atoms with Crippen molar-refractivity contribution in [3.05, 3.63) is 29.8 Å². The maximum Gasteiger partial charge on any atom is 0.204 e. The van der Waals surface area contributed by atoms with E-state index in [1.165, 1.54) is 12.1 Å². The molecular weight excluding hydrogens is 216 g/mol. The van der Waals surface area contributed by atoms with Crippen molar-refractivity contribution < 1.29 is 18.6 Å². The second-order valence-electron chi connectivity index (χ2n) is 3.32. The van der Waals surface area contributed by atoms with Crippen molar-refractivity contribution >= 4 is 9.84 Å². The molecule has 0 fully saturated rings. The lowest BCUT2D eigenvalue weighted by molar-refractivity contribution is 0.189. The van der Waals surface area contributed by atoms with Gasteiger partial charge in [-0.3, -0.25) is 0 Å². The van der Waals surface area contributed by atoms with E-state index in [1.54, 1.807) is 12.1 Å². The summed E-state index contributed by atoms with van der Waals surface area (Å²) in [5.41, 5.74) is -0.587. The van der Waals surface area contributed by atoms with Gasteiger partial charge in [0.05, 0.1) is 4.90 Å². The van der Waals surface area contributed by atoms with Crippen molar-refractivity contribution in [2.75, 3.05) is 6.61 Å². The van der Waals surface area contributed by atoms with E-state index in [0.717, 1.165) is 5.56 Å². The normalized spacial score (nSPS) is 13.8. The molecule has 84 valence electrons. The Balaban J connectivity index is 3.01. The second-order valence-corrected chi connectivity index (χ2v) is 5.43. The van der Waals surface area contributed by atoms with Crippen LogP contribution in [0.25, 0.3) is 0 Å². The maximum absolute atomic E-state index is 11.7. The standard InChI is InChI=1S/C10H14O4S/c1-8-2-4-9(5-3-8)15(13,14)10(12)6-7-11/h2-5,10-12H,6-7H2,1H3. The lowest BCUT2D eigenvalue weighted by atomic mass is 10.2. The van der Waals surface area contributed by atoms with Gasteiger partial charge in [-0.1, -0.05) is 17.7 Å². The van der Waals surface area contributed by atoms with E-state index in [4.69, 9.17) is 5.11 Å². The number of sulfone groups is 1. The molecule has 0 heterocycles. The van der Waals surface area contributed by atoms with Crippen molar-refractivity contribution in [1.29, 1.82) is 0 Å². The molecule has 0 saturated carbocycles. The zero-order valence-corrected chi connectivity index (χ0v) is 9.24. The lowest BCUT2D eigenvalue weighted by Gasteiger charge is -2.10. The first-order chi connectivity index (χ1) is 6.98. The molecule has 0 aromatic heterocycles. The van der Waals surface area contributed by atoms with Crippen LogP contribution in [-0.2, 0) is 9.84 Å². The molecule has 1 aromatic carbocycles. The van der Waals surface area contributed by atoms with Gasteiger partial charge in [-0.05, 0) is 19.1 Å². The van der Waals surface area contributed by atoms with Crippen LogP contribution in [0.3, 0.4) is 0 Å². The van der Waals surface area contributed by atoms with Crippen LogP contribution in [-0.4, -0.2) is 30.7 Å². The van der Waals surface area contributed by atoms with Crippen LogP contribution in [0.5, 0.6) is 0 Å². The minimum Gasteiger partial charge on any atom is -0.396 e. The van der Waals surface area contributed by atoms with E-state index in [-0.39, 0.29) is 17.9 Å². The summed E-state index contributed by atoms with van der Waals surface area (Å²) in [5.74, 6) is 0. The van der Waals surface area contributed by atoms with Gasteiger partial charge in [0.15, 0.2) is 5.44 Å². The Kier molecular flexibility index (Phi) is 3.84. The molecule has 2 N–H and O–H groups in total. The third-order valence-corrected chi connectivity index (χ3v) is 3.97. The van der Waals surface area contributed by atoms with Crippen LogP contribution in [0, 0.1) is 6.92 Å². The summed E-state index contributed by atoms with van der Waals surface area (Å²) >= 11 is 0. The van der Waals surface area contributed by atoms with E-state index in [9.17, 15) is 13.5 Å². The quantitative estimate of drug-likeness (QED) is 0.788. The Bertz CT molecular complexity index is 408. The third-order valence-electron chi connectivity index (χ3n) is 2.08. The van der Waals surface area contributed by atoms with Crippen LogP contribution in [0.4, 0.5) is 0 Å². The fourth-order valence-electron chi connectivity index (χ4n) is 1.15. The number of hydrogen-bond donors (Lipinski definition) is 2. The van der Waals surface area contributed by atoms with Crippen LogP contribution >= 0.6 is 0 Å². The van der Waals surface area contributed by atoms with Gasteiger partial charge in [0.1, 0.15) is 0 Å². The van der Waals surface area contributed by atoms with Crippen molar-refractivity contribution in [3.8, 4) is 0 Å². The lowest BCUT2D eigenvalue weighted by Crippen LogP contribution is -2.22. The molecule has 5 heteroatoms. The van der Waals surface area contributed by atoms with Crippen LogP contribution in [0.15, 0.2) is 29.2 Å².